The van der Waals surface area contributed by atoms with Gasteiger partial charge in [-0.25, -0.2) is 18.2 Å². The highest BCUT2D eigenvalue weighted by molar-refractivity contribution is 5.98. The quantitative estimate of drug-likeness (QED) is 0.741. The van der Waals surface area contributed by atoms with E-state index in [1.54, 1.807) is 25.1 Å². The third-order valence-electron chi connectivity index (χ3n) is 3.63. The van der Waals surface area contributed by atoms with Crippen LogP contribution in [-0.2, 0) is 6.54 Å². The average molecular weight is 349 g/mol. The van der Waals surface area contributed by atoms with E-state index >= 15 is 0 Å². The van der Waals surface area contributed by atoms with Crippen molar-refractivity contribution >= 4 is 28.3 Å². The zero-order chi connectivity index (χ0) is 18.1. The summed E-state index contributed by atoms with van der Waals surface area (Å²) in [6.07, 6.45) is -1.55. The van der Waals surface area contributed by atoms with Crippen LogP contribution >= 0.6 is 0 Å². The number of alkyl halides is 2. The minimum atomic E-state index is -2.51. The van der Waals surface area contributed by atoms with E-state index in [4.69, 9.17) is 5.73 Å². The van der Waals surface area contributed by atoms with Gasteiger partial charge in [-0.3, -0.25) is 9.48 Å². The van der Waals surface area contributed by atoms with Crippen LogP contribution in [0.4, 0.5) is 24.7 Å². The van der Waals surface area contributed by atoms with Crippen molar-refractivity contribution in [3.8, 4) is 0 Å². The average Bonchev–Trinajstić information content (AvgIpc) is 2.84. The van der Waals surface area contributed by atoms with Crippen LogP contribution in [0.15, 0.2) is 30.5 Å². The summed E-state index contributed by atoms with van der Waals surface area (Å²) in [6, 6.07) is 5.94. The molecule has 0 bridgehead atoms. The van der Waals surface area contributed by atoms with Crippen LogP contribution < -0.4 is 11.1 Å². The van der Waals surface area contributed by atoms with Gasteiger partial charge in [-0.05, 0) is 31.2 Å². The van der Waals surface area contributed by atoms with Crippen LogP contribution in [0.3, 0.4) is 0 Å². The molecule has 0 aliphatic carbocycles. The SMILES string of the molecule is Cc1nn(CC(F)F)c2ccc(Nc3ncc(F)cc3C(N)=O)cc12. The van der Waals surface area contributed by atoms with Gasteiger partial charge in [-0.2, -0.15) is 5.10 Å². The molecule has 3 rings (SSSR count). The molecule has 0 saturated heterocycles. The van der Waals surface area contributed by atoms with Gasteiger partial charge in [-0.1, -0.05) is 0 Å². The van der Waals surface area contributed by atoms with E-state index in [0.717, 1.165) is 12.3 Å². The second kappa shape index (κ2) is 6.42. The van der Waals surface area contributed by atoms with Crippen LogP contribution in [0.2, 0.25) is 0 Å². The molecule has 9 heteroatoms. The minimum Gasteiger partial charge on any atom is -0.365 e. The van der Waals surface area contributed by atoms with E-state index in [-0.39, 0.29) is 11.4 Å². The number of carbonyl (C=O) groups is 1. The number of aromatic nitrogens is 3. The maximum absolute atomic E-state index is 13.2. The van der Waals surface area contributed by atoms with Gasteiger partial charge in [-0.15, -0.1) is 0 Å². The zero-order valence-corrected chi connectivity index (χ0v) is 13.1. The molecule has 0 aliphatic heterocycles. The molecule has 3 aromatic rings. The number of fused-ring (bicyclic) bond motifs is 1. The number of anilines is 2. The number of nitrogens with zero attached hydrogens (tertiary/aromatic N) is 3. The summed E-state index contributed by atoms with van der Waals surface area (Å²) in [5.74, 6) is -1.40. The first kappa shape index (κ1) is 16.7. The second-order valence-corrected chi connectivity index (χ2v) is 5.43. The largest absolute Gasteiger partial charge is 0.365 e. The number of carbonyl (C=O) groups excluding carboxylic acids is 1. The van der Waals surface area contributed by atoms with E-state index in [2.05, 4.69) is 15.4 Å². The molecule has 130 valence electrons. The Bertz CT molecular complexity index is 954. The molecule has 1 aromatic carbocycles. The second-order valence-electron chi connectivity index (χ2n) is 5.43. The fourth-order valence-electron chi connectivity index (χ4n) is 2.55. The van der Waals surface area contributed by atoms with E-state index in [1.165, 1.54) is 4.68 Å². The first-order valence-corrected chi connectivity index (χ1v) is 7.33. The lowest BCUT2D eigenvalue weighted by Gasteiger charge is -2.09. The molecule has 0 atom stereocenters. The number of nitrogens with one attached hydrogen (secondary N) is 1. The van der Waals surface area contributed by atoms with Crippen molar-refractivity contribution in [1.82, 2.24) is 14.8 Å². The minimum absolute atomic E-state index is 0.0924. The molecule has 1 amide bonds. The van der Waals surface area contributed by atoms with Crippen molar-refractivity contribution in [3.63, 3.8) is 0 Å². The molecule has 0 spiro atoms. The third-order valence-corrected chi connectivity index (χ3v) is 3.63. The molecule has 2 heterocycles. The van der Waals surface area contributed by atoms with Crippen molar-refractivity contribution in [3.05, 3.63) is 47.5 Å². The van der Waals surface area contributed by atoms with Gasteiger partial charge in [0.05, 0.1) is 23.0 Å². The highest BCUT2D eigenvalue weighted by Crippen LogP contribution is 2.26. The van der Waals surface area contributed by atoms with E-state index < -0.39 is 24.7 Å². The van der Waals surface area contributed by atoms with Gasteiger partial charge < -0.3 is 11.1 Å². The molecule has 3 N–H and O–H groups in total. The van der Waals surface area contributed by atoms with E-state index in [9.17, 15) is 18.0 Å². The lowest BCUT2D eigenvalue weighted by molar-refractivity contribution is 0.1000. The fraction of sp³-hybridized carbons (Fsp3) is 0.188. The molecular formula is C16H14F3N5O. The van der Waals surface area contributed by atoms with Crippen LogP contribution in [-0.4, -0.2) is 27.1 Å². The number of benzene rings is 1. The highest BCUT2D eigenvalue weighted by atomic mass is 19.3. The van der Waals surface area contributed by atoms with Crippen molar-refractivity contribution in [2.45, 2.75) is 19.9 Å². The predicted molar refractivity (Wildman–Crippen MR) is 86.5 cm³/mol. The van der Waals surface area contributed by atoms with Gasteiger partial charge in [0.1, 0.15) is 18.2 Å². The maximum atomic E-state index is 13.2. The van der Waals surface area contributed by atoms with Crippen LogP contribution in [0.5, 0.6) is 0 Å². The van der Waals surface area contributed by atoms with Crippen LogP contribution in [0, 0.1) is 12.7 Å². The number of hydrogen-bond donors (Lipinski definition) is 2. The number of nitrogens with two attached hydrogens (primary N) is 1. The van der Waals surface area contributed by atoms with E-state index in [0.29, 0.717) is 22.3 Å². The third kappa shape index (κ3) is 3.39. The molecular weight excluding hydrogens is 335 g/mol. The molecule has 25 heavy (non-hydrogen) atoms. The summed E-state index contributed by atoms with van der Waals surface area (Å²) in [5.41, 5.74) is 6.82. The normalized spacial score (nSPS) is 11.2. The van der Waals surface area contributed by atoms with Gasteiger partial charge in [0.15, 0.2) is 0 Å². The summed E-state index contributed by atoms with van der Waals surface area (Å²) < 4.78 is 39.7. The molecule has 0 unspecified atom stereocenters. The fourth-order valence-corrected chi connectivity index (χ4v) is 2.55. The van der Waals surface area contributed by atoms with Crippen molar-refractivity contribution in [1.29, 1.82) is 0 Å². The Balaban J connectivity index is 1.98. The van der Waals surface area contributed by atoms with Crippen molar-refractivity contribution < 1.29 is 18.0 Å². The van der Waals surface area contributed by atoms with Gasteiger partial charge in [0, 0.05) is 11.1 Å². The monoisotopic (exact) mass is 349 g/mol. The first-order chi connectivity index (χ1) is 11.8. The lowest BCUT2D eigenvalue weighted by atomic mass is 10.2. The van der Waals surface area contributed by atoms with Gasteiger partial charge in [0.25, 0.3) is 12.3 Å². The first-order valence-electron chi connectivity index (χ1n) is 7.33. The number of hydrogen-bond acceptors (Lipinski definition) is 4. The summed E-state index contributed by atoms with van der Waals surface area (Å²) in [5, 5.41) is 7.67. The Morgan fingerprint density at radius 1 is 1.36 bits per heavy atom. The van der Waals surface area contributed by atoms with Crippen molar-refractivity contribution in [2.75, 3.05) is 5.32 Å². The highest BCUT2D eigenvalue weighted by Gasteiger charge is 2.14. The Labute approximate surface area is 140 Å². The van der Waals surface area contributed by atoms with E-state index in [1.807, 2.05) is 0 Å². The maximum Gasteiger partial charge on any atom is 0.257 e. The Morgan fingerprint density at radius 3 is 2.80 bits per heavy atom. The number of amides is 1. The number of rotatable bonds is 5. The summed E-state index contributed by atoms with van der Waals surface area (Å²) in [7, 11) is 0. The van der Waals surface area contributed by atoms with Crippen LogP contribution in [0.1, 0.15) is 16.1 Å². The molecule has 0 fully saturated rings. The Hall–Kier alpha value is -3.10. The van der Waals surface area contributed by atoms with Crippen LogP contribution in [0.25, 0.3) is 10.9 Å². The van der Waals surface area contributed by atoms with Gasteiger partial charge in [0.2, 0.25) is 0 Å². The summed E-state index contributed by atoms with van der Waals surface area (Å²) in [6.45, 7) is 1.21. The smallest absolute Gasteiger partial charge is 0.257 e. The standard InChI is InChI=1S/C16H14F3N5O/c1-8-11-5-10(2-3-13(11)24(23-8)7-14(18)19)22-16-12(15(20)25)4-9(17)6-21-16/h2-6,14H,7H2,1H3,(H2,20,25)(H,21,22). The molecule has 6 nitrogen and oxygen atoms in total. The number of aryl methyl sites for hydroxylation is 1. The summed E-state index contributed by atoms with van der Waals surface area (Å²) >= 11 is 0. The molecule has 0 aliphatic rings. The molecule has 0 radical (unpaired) electrons. The molecule has 2 aromatic heterocycles. The lowest BCUT2D eigenvalue weighted by Crippen LogP contribution is -2.14. The zero-order valence-electron chi connectivity index (χ0n) is 13.1. The predicted octanol–water partition coefficient (Wildman–Crippen LogP) is 2.99. The number of halogens is 3. The number of primary amides is 1. The Morgan fingerprint density at radius 2 is 2.12 bits per heavy atom. The summed E-state index contributed by atoms with van der Waals surface area (Å²) in [4.78, 5) is 15.3. The van der Waals surface area contributed by atoms with Crippen molar-refractivity contribution in [2.24, 2.45) is 5.73 Å². The topological polar surface area (TPSA) is 85.8 Å². The molecule has 0 saturated carbocycles. The number of pyridine rings is 1. The Kier molecular flexibility index (Phi) is 4.30. The van der Waals surface area contributed by atoms with Gasteiger partial charge >= 0.3 is 0 Å².